The summed E-state index contributed by atoms with van der Waals surface area (Å²) < 4.78 is 2.93. The standard InChI is InChI=1S/C13H16BrN3OS/c1-3-4-17-6-10(14)5-12(17)13(18)16(2)7-11-8-19-9-15-11/h5-6,8-9H,3-4,7H2,1-2H3. The van der Waals surface area contributed by atoms with Crippen LogP contribution < -0.4 is 0 Å². The van der Waals surface area contributed by atoms with E-state index in [0.29, 0.717) is 12.2 Å². The molecule has 0 aromatic carbocycles. The molecule has 0 saturated carbocycles. The largest absolute Gasteiger partial charge is 0.342 e. The number of carbonyl (C=O) groups is 1. The lowest BCUT2D eigenvalue weighted by atomic mass is 10.3. The number of amides is 1. The lowest BCUT2D eigenvalue weighted by Gasteiger charge is -2.17. The highest BCUT2D eigenvalue weighted by Crippen LogP contribution is 2.17. The van der Waals surface area contributed by atoms with E-state index in [1.54, 1.807) is 28.8 Å². The molecule has 1 amide bonds. The summed E-state index contributed by atoms with van der Waals surface area (Å²) in [5.74, 6) is 0.0205. The molecule has 2 aromatic heterocycles. The number of hydrogen-bond donors (Lipinski definition) is 0. The molecular formula is C13H16BrN3OS. The molecule has 19 heavy (non-hydrogen) atoms. The van der Waals surface area contributed by atoms with Crippen LogP contribution in [0.4, 0.5) is 0 Å². The van der Waals surface area contributed by atoms with Gasteiger partial charge in [0.2, 0.25) is 0 Å². The Kier molecular flexibility index (Phi) is 4.76. The fourth-order valence-electron chi connectivity index (χ4n) is 1.91. The molecule has 0 unspecified atom stereocenters. The van der Waals surface area contributed by atoms with Crippen molar-refractivity contribution in [2.75, 3.05) is 7.05 Å². The van der Waals surface area contributed by atoms with Crippen LogP contribution in [-0.2, 0) is 13.1 Å². The van der Waals surface area contributed by atoms with Crippen LogP contribution in [0.5, 0.6) is 0 Å². The first-order valence-corrected chi connectivity index (χ1v) is 7.83. The number of carbonyl (C=O) groups excluding carboxylic acids is 1. The summed E-state index contributed by atoms with van der Waals surface area (Å²) in [6.45, 7) is 3.48. The minimum Gasteiger partial charge on any atom is -0.342 e. The summed E-state index contributed by atoms with van der Waals surface area (Å²) in [5, 5.41) is 1.96. The van der Waals surface area contributed by atoms with Gasteiger partial charge in [0.15, 0.2) is 0 Å². The van der Waals surface area contributed by atoms with Gasteiger partial charge in [-0.25, -0.2) is 4.98 Å². The molecule has 102 valence electrons. The zero-order valence-electron chi connectivity index (χ0n) is 11.0. The van der Waals surface area contributed by atoms with E-state index in [1.165, 1.54) is 0 Å². The molecule has 0 N–H and O–H groups in total. The molecule has 2 heterocycles. The molecule has 0 aliphatic heterocycles. The van der Waals surface area contributed by atoms with Gasteiger partial charge in [-0.1, -0.05) is 6.92 Å². The highest BCUT2D eigenvalue weighted by atomic mass is 79.9. The van der Waals surface area contributed by atoms with Crippen molar-refractivity contribution >= 4 is 33.2 Å². The number of nitrogens with zero attached hydrogens (tertiary/aromatic N) is 3. The van der Waals surface area contributed by atoms with Crippen molar-refractivity contribution in [2.24, 2.45) is 0 Å². The lowest BCUT2D eigenvalue weighted by Crippen LogP contribution is -2.28. The number of halogens is 1. The molecule has 2 aromatic rings. The van der Waals surface area contributed by atoms with Gasteiger partial charge in [-0.15, -0.1) is 11.3 Å². The smallest absolute Gasteiger partial charge is 0.270 e. The Morgan fingerprint density at radius 3 is 3.00 bits per heavy atom. The molecule has 4 nitrogen and oxygen atoms in total. The van der Waals surface area contributed by atoms with Crippen molar-refractivity contribution < 1.29 is 4.79 Å². The second kappa shape index (κ2) is 6.34. The third-order valence-electron chi connectivity index (χ3n) is 2.78. The van der Waals surface area contributed by atoms with E-state index in [0.717, 1.165) is 23.1 Å². The van der Waals surface area contributed by atoms with Gasteiger partial charge in [0.1, 0.15) is 5.69 Å². The highest BCUT2D eigenvalue weighted by molar-refractivity contribution is 9.10. The summed E-state index contributed by atoms with van der Waals surface area (Å²) in [6, 6.07) is 1.87. The third kappa shape index (κ3) is 3.45. The minimum absolute atomic E-state index is 0.0205. The van der Waals surface area contributed by atoms with Crippen molar-refractivity contribution in [1.29, 1.82) is 0 Å². The summed E-state index contributed by atoms with van der Waals surface area (Å²) in [5.41, 5.74) is 3.42. The molecule has 6 heteroatoms. The second-order valence-electron chi connectivity index (χ2n) is 4.38. The third-order valence-corrected chi connectivity index (χ3v) is 3.85. The molecule has 0 bridgehead atoms. The van der Waals surface area contributed by atoms with Gasteiger partial charge in [0.25, 0.3) is 5.91 Å². The van der Waals surface area contributed by atoms with Crippen LogP contribution in [0, 0.1) is 0 Å². The lowest BCUT2D eigenvalue weighted by molar-refractivity contribution is 0.0772. The fourth-order valence-corrected chi connectivity index (χ4v) is 2.92. The number of aryl methyl sites for hydroxylation is 1. The van der Waals surface area contributed by atoms with Crippen LogP contribution in [0.25, 0.3) is 0 Å². The van der Waals surface area contributed by atoms with Gasteiger partial charge >= 0.3 is 0 Å². The van der Waals surface area contributed by atoms with Gasteiger partial charge in [-0.3, -0.25) is 4.79 Å². The average Bonchev–Trinajstić information content (AvgIpc) is 2.98. The van der Waals surface area contributed by atoms with Gasteiger partial charge in [-0.05, 0) is 28.4 Å². The zero-order valence-corrected chi connectivity index (χ0v) is 13.4. The summed E-state index contributed by atoms with van der Waals surface area (Å²) in [4.78, 5) is 18.3. The number of hydrogen-bond acceptors (Lipinski definition) is 3. The number of thiazole rings is 1. The first-order chi connectivity index (χ1) is 9.11. The molecule has 0 aliphatic carbocycles. The van der Waals surface area contributed by atoms with Crippen molar-refractivity contribution in [3.8, 4) is 0 Å². The molecular weight excluding hydrogens is 326 g/mol. The van der Waals surface area contributed by atoms with Crippen LogP contribution in [-0.4, -0.2) is 27.4 Å². The first-order valence-electron chi connectivity index (χ1n) is 6.10. The molecule has 0 atom stereocenters. The van der Waals surface area contributed by atoms with E-state index in [2.05, 4.69) is 27.8 Å². The molecule has 0 fully saturated rings. The molecule has 0 aliphatic rings. The Balaban J connectivity index is 2.14. The SMILES string of the molecule is CCCn1cc(Br)cc1C(=O)N(C)Cc1cscn1. The first kappa shape index (κ1) is 14.3. The zero-order chi connectivity index (χ0) is 13.8. The van der Waals surface area contributed by atoms with E-state index in [1.807, 2.05) is 22.2 Å². The maximum atomic E-state index is 12.4. The maximum absolute atomic E-state index is 12.4. The van der Waals surface area contributed by atoms with Gasteiger partial charge in [0, 0.05) is 29.6 Å². The fraction of sp³-hybridized carbons (Fsp3) is 0.385. The Labute approximate surface area is 125 Å². The predicted molar refractivity (Wildman–Crippen MR) is 80.3 cm³/mol. The highest BCUT2D eigenvalue weighted by Gasteiger charge is 2.17. The molecule has 2 rings (SSSR count). The van der Waals surface area contributed by atoms with E-state index in [9.17, 15) is 4.79 Å². The van der Waals surface area contributed by atoms with Crippen LogP contribution >= 0.6 is 27.3 Å². The normalized spacial score (nSPS) is 10.7. The quantitative estimate of drug-likeness (QED) is 0.835. The monoisotopic (exact) mass is 341 g/mol. The van der Waals surface area contributed by atoms with Gasteiger partial charge in [-0.2, -0.15) is 0 Å². The second-order valence-corrected chi connectivity index (χ2v) is 6.01. The molecule has 0 radical (unpaired) electrons. The van der Waals surface area contributed by atoms with Crippen LogP contribution in [0.15, 0.2) is 27.6 Å². The van der Waals surface area contributed by atoms with E-state index >= 15 is 0 Å². The number of rotatable bonds is 5. The van der Waals surface area contributed by atoms with Crippen LogP contribution in [0.2, 0.25) is 0 Å². The predicted octanol–water partition coefficient (Wildman–Crippen LogP) is 3.39. The topological polar surface area (TPSA) is 38.1 Å². The van der Waals surface area contributed by atoms with Crippen molar-refractivity contribution in [3.63, 3.8) is 0 Å². The Morgan fingerprint density at radius 2 is 2.37 bits per heavy atom. The van der Waals surface area contributed by atoms with Crippen molar-refractivity contribution in [2.45, 2.75) is 26.4 Å². The van der Waals surface area contributed by atoms with Gasteiger partial charge < -0.3 is 9.47 Å². The average molecular weight is 342 g/mol. The van der Waals surface area contributed by atoms with E-state index < -0.39 is 0 Å². The summed E-state index contributed by atoms with van der Waals surface area (Å²) in [6.07, 6.45) is 2.95. The maximum Gasteiger partial charge on any atom is 0.270 e. The number of aromatic nitrogens is 2. The summed E-state index contributed by atoms with van der Waals surface area (Å²) in [7, 11) is 1.80. The Morgan fingerprint density at radius 1 is 1.58 bits per heavy atom. The van der Waals surface area contributed by atoms with Crippen LogP contribution in [0.3, 0.4) is 0 Å². The van der Waals surface area contributed by atoms with E-state index in [-0.39, 0.29) is 5.91 Å². The minimum atomic E-state index is 0.0205. The summed E-state index contributed by atoms with van der Waals surface area (Å²) >= 11 is 4.97. The Hall–Kier alpha value is -1.14. The Bertz CT molecular complexity index is 550. The van der Waals surface area contributed by atoms with Crippen molar-refractivity contribution in [3.05, 3.63) is 39.0 Å². The van der Waals surface area contributed by atoms with Crippen LogP contribution in [0.1, 0.15) is 29.5 Å². The van der Waals surface area contributed by atoms with Gasteiger partial charge in [0.05, 0.1) is 17.7 Å². The molecule has 0 saturated heterocycles. The van der Waals surface area contributed by atoms with E-state index in [4.69, 9.17) is 0 Å². The molecule has 0 spiro atoms. The van der Waals surface area contributed by atoms with Crippen molar-refractivity contribution in [1.82, 2.24) is 14.5 Å².